The zero-order valence-electron chi connectivity index (χ0n) is 15.3. The molecule has 3 aromatic heterocycles. The summed E-state index contributed by atoms with van der Waals surface area (Å²) in [6.45, 7) is 2.31. The van der Waals surface area contributed by atoms with E-state index >= 15 is 0 Å². The van der Waals surface area contributed by atoms with Crippen LogP contribution in [-0.2, 0) is 26.3 Å². The van der Waals surface area contributed by atoms with Crippen LogP contribution >= 0.6 is 23.1 Å². The molecule has 3 aromatic rings. The smallest absolute Gasteiger partial charge is 0.191 e. The molecule has 4 nitrogen and oxygen atoms in total. The fourth-order valence-corrected chi connectivity index (χ4v) is 5.61. The van der Waals surface area contributed by atoms with Crippen molar-refractivity contribution in [3.05, 3.63) is 46.6 Å². The van der Waals surface area contributed by atoms with Gasteiger partial charge in [-0.3, -0.25) is 4.98 Å². The molecule has 1 atom stereocenters. The van der Waals surface area contributed by atoms with E-state index in [1.807, 2.05) is 29.7 Å². The first kappa shape index (κ1) is 17.7. The maximum atomic E-state index is 4.48. The quantitative estimate of drug-likeness (QED) is 0.573. The normalized spacial score (nSPS) is 16.6. The van der Waals surface area contributed by atoms with Crippen LogP contribution in [0, 0.1) is 5.92 Å². The molecule has 0 aliphatic heterocycles. The van der Waals surface area contributed by atoms with E-state index in [-0.39, 0.29) is 0 Å². The first-order valence-corrected chi connectivity index (χ1v) is 11.1. The van der Waals surface area contributed by atoms with Gasteiger partial charge in [-0.15, -0.1) is 21.5 Å². The van der Waals surface area contributed by atoms with E-state index in [2.05, 4.69) is 45.9 Å². The molecule has 26 heavy (non-hydrogen) atoms. The minimum absolute atomic E-state index is 0.849. The summed E-state index contributed by atoms with van der Waals surface area (Å²) >= 11 is 3.66. The molecule has 0 bridgehead atoms. The molecule has 0 saturated carbocycles. The molecule has 1 aliphatic rings. The van der Waals surface area contributed by atoms with Crippen LogP contribution in [0.1, 0.15) is 35.9 Å². The lowest BCUT2D eigenvalue weighted by Crippen LogP contribution is -2.10. The van der Waals surface area contributed by atoms with Crippen molar-refractivity contribution in [3.8, 4) is 10.7 Å². The van der Waals surface area contributed by atoms with Gasteiger partial charge in [-0.05, 0) is 55.4 Å². The molecule has 6 heteroatoms. The van der Waals surface area contributed by atoms with Gasteiger partial charge >= 0.3 is 0 Å². The lowest BCUT2D eigenvalue weighted by Gasteiger charge is -2.19. The Labute approximate surface area is 163 Å². The zero-order valence-corrected chi connectivity index (χ0v) is 16.9. The summed E-state index contributed by atoms with van der Waals surface area (Å²) in [5.74, 6) is 2.81. The number of rotatable bonds is 6. The minimum Gasteiger partial charge on any atom is -0.305 e. The van der Waals surface area contributed by atoms with E-state index in [9.17, 15) is 0 Å². The van der Waals surface area contributed by atoms with Crippen molar-refractivity contribution in [1.29, 1.82) is 0 Å². The van der Waals surface area contributed by atoms with Gasteiger partial charge in [-0.1, -0.05) is 31.2 Å². The predicted molar refractivity (Wildman–Crippen MR) is 109 cm³/mol. The second kappa shape index (κ2) is 7.92. The van der Waals surface area contributed by atoms with E-state index in [1.54, 1.807) is 16.6 Å². The van der Waals surface area contributed by atoms with E-state index < -0.39 is 0 Å². The van der Waals surface area contributed by atoms with Crippen molar-refractivity contribution in [3.63, 3.8) is 0 Å². The highest BCUT2D eigenvalue weighted by Crippen LogP contribution is 2.38. The monoisotopic (exact) mass is 384 g/mol. The summed E-state index contributed by atoms with van der Waals surface area (Å²) in [5.41, 5.74) is 2.66. The molecule has 3 heterocycles. The highest BCUT2D eigenvalue weighted by Gasteiger charge is 2.22. The Morgan fingerprint density at radius 2 is 2.23 bits per heavy atom. The van der Waals surface area contributed by atoms with Gasteiger partial charge in [0.25, 0.3) is 0 Å². The third-order valence-corrected chi connectivity index (χ3v) is 7.39. The topological polar surface area (TPSA) is 43.6 Å². The second-order valence-corrected chi connectivity index (χ2v) is 9.06. The number of pyridine rings is 1. The summed E-state index contributed by atoms with van der Waals surface area (Å²) < 4.78 is 2.14. The van der Waals surface area contributed by atoms with Crippen molar-refractivity contribution >= 4 is 23.1 Å². The fraction of sp³-hybridized carbons (Fsp3) is 0.450. The summed E-state index contributed by atoms with van der Waals surface area (Å²) in [4.78, 5) is 7.20. The van der Waals surface area contributed by atoms with Crippen molar-refractivity contribution in [1.82, 2.24) is 19.7 Å². The van der Waals surface area contributed by atoms with Crippen LogP contribution in [0.25, 0.3) is 10.7 Å². The van der Waals surface area contributed by atoms with E-state index in [1.165, 1.54) is 36.1 Å². The third kappa shape index (κ3) is 3.71. The van der Waals surface area contributed by atoms with Crippen LogP contribution in [0.4, 0.5) is 0 Å². The van der Waals surface area contributed by atoms with Crippen molar-refractivity contribution in [2.45, 2.75) is 44.2 Å². The molecule has 136 valence electrons. The Balaban J connectivity index is 1.45. The van der Waals surface area contributed by atoms with Gasteiger partial charge in [0.1, 0.15) is 0 Å². The number of hydrogen-bond donors (Lipinski definition) is 0. The van der Waals surface area contributed by atoms with Gasteiger partial charge in [-0.25, -0.2) is 0 Å². The molecule has 4 rings (SSSR count). The Hall–Kier alpha value is -1.66. The molecular formula is C20H24N4S2. The lowest BCUT2D eigenvalue weighted by molar-refractivity contribution is 0.449. The zero-order chi connectivity index (χ0) is 17.9. The van der Waals surface area contributed by atoms with Crippen molar-refractivity contribution in [2.24, 2.45) is 13.0 Å². The number of aryl methyl sites for hydroxylation is 2. The molecular weight excluding hydrogens is 360 g/mol. The second-order valence-electron chi connectivity index (χ2n) is 6.86. The van der Waals surface area contributed by atoms with Gasteiger partial charge in [0.15, 0.2) is 11.0 Å². The molecule has 1 unspecified atom stereocenters. The first-order chi connectivity index (χ1) is 12.7. The predicted octanol–water partition coefficient (Wildman–Crippen LogP) is 4.79. The highest BCUT2D eigenvalue weighted by atomic mass is 32.2. The summed E-state index contributed by atoms with van der Waals surface area (Å²) in [7, 11) is 2.08. The molecule has 0 fully saturated rings. The standard InChI is InChI=1S/C20H24N4S2/c1-3-14-7-8-17-15(12-14)13-18(26-17)19-22-23-20(24(19)2)25-11-9-16-6-4-5-10-21-16/h4-6,10,13-14H,3,7-9,11-12H2,1-2H3. The molecule has 1 aliphatic carbocycles. The Bertz CT molecular complexity index is 869. The van der Waals surface area contributed by atoms with E-state index in [0.29, 0.717) is 0 Å². The summed E-state index contributed by atoms with van der Waals surface area (Å²) in [5, 5.41) is 9.88. The van der Waals surface area contributed by atoms with Crippen LogP contribution in [0.5, 0.6) is 0 Å². The molecule has 0 saturated heterocycles. The number of hydrogen-bond acceptors (Lipinski definition) is 5. The van der Waals surface area contributed by atoms with E-state index in [4.69, 9.17) is 0 Å². The molecule has 0 amide bonds. The maximum Gasteiger partial charge on any atom is 0.191 e. The van der Waals surface area contributed by atoms with Gasteiger partial charge in [0.05, 0.1) is 4.88 Å². The molecule has 0 radical (unpaired) electrons. The number of fused-ring (bicyclic) bond motifs is 1. The average Bonchev–Trinajstić information content (AvgIpc) is 3.25. The van der Waals surface area contributed by atoms with Crippen LogP contribution in [0.15, 0.2) is 35.6 Å². The minimum atomic E-state index is 0.849. The molecule has 0 aromatic carbocycles. The van der Waals surface area contributed by atoms with Gasteiger partial charge in [0.2, 0.25) is 0 Å². The Morgan fingerprint density at radius 1 is 1.31 bits per heavy atom. The Morgan fingerprint density at radius 3 is 3.04 bits per heavy atom. The third-order valence-electron chi connectivity index (χ3n) is 5.13. The van der Waals surface area contributed by atoms with Crippen LogP contribution in [-0.4, -0.2) is 25.5 Å². The Kier molecular flexibility index (Phi) is 5.41. The lowest BCUT2D eigenvalue weighted by atomic mass is 9.87. The van der Waals surface area contributed by atoms with Gasteiger partial charge in [-0.2, -0.15) is 0 Å². The van der Waals surface area contributed by atoms with Crippen molar-refractivity contribution in [2.75, 3.05) is 5.75 Å². The van der Waals surface area contributed by atoms with Crippen LogP contribution in [0.3, 0.4) is 0 Å². The number of nitrogens with zero attached hydrogens (tertiary/aromatic N) is 4. The average molecular weight is 385 g/mol. The number of aromatic nitrogens is 4. The van der Waals surface area contributed by atoms with Gasteiger partial charge in [0, 0.05) is 29.6 Å². The fourth-order valence-electron chi connectivity index (χ4n) is 3.51. The van der Waals surface area contributed by atoms with Crippen molar-refractivity contribution < 1.29 is 0 Å². The van der Waals surface area contributed by atoms with E-state index in [0.717, 1.165) is 34.8 Å². The summed E-state index contributed by atoms with van der Waals surface area (Å²) in [6, 6.07) is 8.42. The maximum absolute atomic E-state index is 4.48. The van der Waals surface area contributed by atoms with Crippen LogP contribution in [0.2, 0.25) is 0 Å². The van der Waals surface area contributed by atoms with Gasteiger partial charge < -0.3 is 4.57 Å². The summed E-state index contributed by atoms with van der Waals surface area (Å²) in [6.07, 6.45) is 7.86. The number of thioether (sulfide) groups is 1. The van der Waals surface area contributed by atoms with Crippen LogP contribution < -0.4 is 0 Å². The SMILES string of the molecule is CCC1CCc2sc(-c3nnc(SCCc4ccccn4)n3C)cc2C1. The first-order valence-electron chi connectivity index (χ1n) is 9.28. The largest absolute Gasteiger partial charge is 0.305 e. The number of thiophene rings is 1. The molecule has 0 spiro atoms. The highest BCUT2D eigenvalue weighted by molar-refractivity contribution is 7.99. The molecule has 0 N–H and O–H groups in total.